The van der Waals surface area contributed by atoms with Crippen LogP contribution in [0, 0.1) is 6.92 Å². The van der Waals surface area contributed by atoms with Gasteiger partial charge in [0.15, 0.2) is 6.10 Å². The molecule has 0 aliphatic carbocycles. The third-order valence-corrected chi connectivity index (χ3v) is 2.86. The fraction of sp³-hybridized carbons (Fsp3) is 0.176. The molecule has 0 fully saturated rings. The first-order chi connectivity index (χ1) is 10.1. The number of ether oxygens (including phenoxy) is 1. The number of carbonyl (C=O) groups is 1. The zero-order valence-corrected chi connectivity index (χ0v) is 12.1. The Hall–Kier alpha value is -2.62. The highest BCUT2D eigenvalue weighted by Gasteiger charge is 2.13. The summed E-state index contributed by atoms with van der Waals surface area (Å²) in [7, 11) is 0. The maximum absolute atomic E-state index is 11.9. The molecule has 1 N–H and O–H groups in total. The van der Waals surface area contributed by atoms with Crippen LogP contribution in [0.25, 0.3) is 0 Å². The van der Waals surface area contributed by atoms with Gasteiger partial charge in [0, 0.05) is 0 Å². The number of aryl methyl sites for hydroxylation is 1. The average Bonchev–Trinajstić information content (AvgIpc) is 2.48. The van der Waals surface area contributed by atoms with Gasteiger partial charge in [0.25, 0.3) is 5.91 Å². The number of benzene rings is 2. The van der Waals surface area contributed by atoms with Gasteiger partial charge in [-0.15, -0.1) is 0 Å². The van der Waals surface area contributed by atoms with Crippen molar-refractivity contribution in [3.8, 4) is 5.75 Å². The molecule has 0 aromatic heterocycles. The van der Waals surface area contributed by atoms with Crippen molar-refractivity contribution in [3.05, 3.63) is 65.7 Å². The minimum absolute atomic E-state index is 0.288. The molecule has 2 aromatic rings. The highest BCUT2D eigenvalue weighted by atomic mass is 16.5. The van der Waals surface area contributed by atoms with E-state index in [9.17, 15) is 4.79 Å². The number of nitrogens with one attached hydrogen (secondary N) is 1. The molecule has 4 nitrogen and oxygen atoms in total. The quantitative estimate of drug-likeness (QED) is 0.677. The number of hydrazone groups is 1. The van der Waals surface area contributed by atoms with Gasteiger partial charge in [0.1, 0.15) is 5.75 Å². The second kappa shape index (κ2) is 7.24. The molecule has 0 bridgehead atoms. The summed E-state index contributed by atoms with van der Waals surface area (Å²) in [5, 5.41) is 3.92. The van der Waals surface area contributed by atoms with Crippen LogP contribution in [0.15, 0.2) is 59.7 Å². The summed E-state index contributed by atoms with van der Waals surface area (Å²) in [5.74, 6) is 0.383. The summed E-state index contributed by atoms with van der Waals surface area (Å²) in [6, 6.07) is 17.1. The highest BCUT2D eigenvalue weighted by molar-refractivity contribution is 5.84. The van der Waals surface area contributed by atoms with Crippen molar-refractivity contribution < 1.29 is 9.53 Å². The minimum atomic E-state index is -0.611. The van der Waals surface area contributed by atoms with Crippen LogP contribution in [0.5, 0.6) is 5.75 Å². The fourth-order valence-electron chi connectivity index (χ4n) is 1.75. The second-order valence-corrected chi connectivity index (χ2v) is 4.72. The van der Waals surface area contributed by atoms with Gasteiger partial charge >= 0.3 is 0 Å². The molecule has 108 valence electrons. The number of carbonyl (C=O) groups excluding carboxylic acids is 1. The van der Waals surface area contributed by atoms with Gasteiger partial charge in [0.05, 0.1) is 6.21 Å². The van der Waals surface area contributed by atoms with E-state index >= 15 is 0 Å². The van der Waals surface area contributed by atoms with Gasteiger partial charge in [-0.2, -0.15) is 5.10 Å². The molecule has 0 saturated heterocycles. The molecule has 0 aliphatic rings. The molecule has 0 saturated carbocycles. The Bertz CT molecular complexity index is 624. The molecular weight excluding hydrogens is 264 g/mol. The fourth-order valence-corrected chi connectivity index (χ4v) is 1.75. The molecular formula is C17H18N2O2. The number of nitrogens with zero attached hydrogens (tertiary/aromatic N) is 1. The van der Waals surface area contributed by atoms with Gasteiger partial charge in [-0.3, -0.25) is 4.79 Å². The number of rotatable bonds is 5. The van der Waals surface area contributed by atoms with E-state index < -0.39 is 6.10 Å². The maximum Gasteiger partial charge on any atom is 0.280 e. The highest BCUT2D eigenvalue weighted by Crippen LogP contribution is 2.14. The van der Waals surface area contributed by atoms with Gasteiger partial charge in [-0.25, -0.2) is 5.43 Å². The van der Waals surface area contributed by atoms with Crippen molar-refractivity contribution >= 4 is 12.1 Å². The van der Waals surface area contributed by atoms with E-state index in [-0.39, 0.29) is 5.91 Å². The molecule has 1 atom stereocenters. The van der Waals surface area contributed by atoms with E-state index in [1.807, 2.05) is 61.5 Å². The van der Waals surface area contributed by atoms with E-state index in [0.717, 1.165) is 11.1 Å². The summed E-state index contributed by atoms with van der Waals surface area (Å²) in [4.78, 5) is 11.9. The van der Waals surface area contributed by atoms with E-state index in [2.05, 4.69) is 10.5 Å². The van der Waals surface area contributed by atoms with E-state index in [1.165, 1.54) is 0 Å². The summed E-state index contributed by atoms with van der Waals surface area (Å²) < 4.78 is 5.57. The second-order valence-electron chi connectivity index (χ2n) is 4.72. The van der Waals surface area contributed by atoms with Gasteiger partial charge < -0.3 is 4.74 Å². The normalized spacial score (nSPS) is 12.1. The summed E-state index contributed by atoms with van der Waals surface area (Å²) in [6.07, 6.45) is 0.983. The lowest BCUT2D eigenvalue weighted by Gasteiger charge is -2.13. The van der Waals surface area contributed by atoms with Gasteiger partial charge in [-0.1, -0.05) is 42.5 Å². The van der Waals surface area contributed by atoms with Crippen molar-refractivity contribution in [3.63, 3.8) is 0 Å². The predicted molar refractivity (Wildman–Crippen MR) is 83.4 cm³/mol. The van der Waals surface area contributed by atoms with E-state index in [1.54, 1.807) is 13.1 Å². The number of amides is 1. The lowest BCUT2D eigenvalue weighted by atomic mass is 10.2. The maximum atomic E-state index is 11.9. The molecule has 0 heterocycles. The van der Waals surface area contributed by atoms with E-state index in [4.69, 9.17) is 4.74 Å². The molecule has 0 aliphatic heterocycles. The van der Waals surface area contributed by atoms with Crippen LogP contribution >= 0.6 is 0 Å². The van der Waals surface area contributed by atoms with Crippen molar-refractivity contribution in [2.24, 2.45) is 5.10 Å². The molecule has 1 unspecified atom stereocenters. The van der Waals surface area contributed by atoms with E-state index in [0.29, 0.717) is 5.75 Å². The SMILES string of the molecule is Cc1cccc(OC(C)C(=O)N/N=C/c2ccccc2)c1. The lowest BCUT2D eigenvalue weighted by Crippen LogP contribution is -2.33. The van der Waals surface area contributed by atoms with Gasteiger partial charge in [-0.05, 0) is 37.1 Å². The smallest absolute Gasteiger partial charge is 0.280 e. The zero-order chi connectivity index (χ0) is 15.1. The van der Waals surface area contributed by atoms with Crippen LogP contribution in [0.1, 0.15) is 18.1 Å². The largest absolute Gasteiger partial charge is 0.481 e. The Morgan fingerprint density at radius 3 is 2.67 bits per heavy atom. The Morgan fingerprint density at radius 1 is 1.19 bits per heavy atom. The van der Waals surface area contributed by atoms with Crippen LogP contribution in [-0.2, 0) is 4.79 Å². The third-order valence-electron chi connectivity index (χ3n) is 2.86. The number of hydrogen-bond acceptors (Lipinski definition) is 3. The Labute approximate surface area is 124 Å². The Morgan fingerprint density at radius 2 is 1.95 bits per heavy atom. The van der Waals surface area contributed by atoms with Crippen molar-refractivity contribution in [2.45, 2.75) is 20.0 Å². The van der Waals surface area contributed by atoms with Crippen LogP contribution in [0.2, 0.25) is 0 Å². The lowest BCUT2D eigenvalue weighted by molar-refractivity contribution is -0.127. The van der Waals surface area contributed by atoms with Crippen LogP contribution in [0.3, 0.4) is 0 Å². The Kier molecular flexibility index (Phi) is 5.10. The summed E-state index contributed by atoms with van der Waals surface area (Å²) >= 11 is 0. The van der Waals surface area contributed by atoms with Crippen LogP contribution < -0.4 is 10.2 Å². The summed E-state index contributed by atoms with van der Waals surface area (Å²) in [6.45, 7) is 3.66. The van der Waals surface area contributed by atoms with Crippen molar-refractivity contribution in [1.29, 1.82) is 0 Å². The summed E-state index contributed by atoms with van der Waals surface area (Å²) in [5.41, 5.74) is 4.48. The third kappa shape index (κ3) is 4.76. The monoisotopic (exact) mass is 282 g/mol. The minimum Gasteiger partial charge on any atom is -0.481 e. The van der Waals surface area contributed by atoms with Crippen molar-refractivity contribution in [1.82, 2.24) is 5.43 Å². The molecule has 0 radical (unpaired) electrons. The first kappa shape index (κ1) is 14.8. The molecule has 2 rings (SSSR count). The van der Waals surface area contributed by atoms with Crippen LogP contribution in [-0.4, -0.2) is 18.2 Å². The predicted octanol–water partition coefficient (Wildman–Crippen LogP) is 2.91. The Balaban J connectivity index is 1.87. The van der Waals surface area contributed by atoms with Gasteiger partial charge in [0.2, 0.25) is 0 Å². The first-order valence-electron chi connectivity index (χ1n) is 6.76. The molecule has 2 aromatic carbocycles. The number of hydrogen-bond donors (Lipinski definition) is 1. The molecule has 4 heteroatoms. The first-order valence-corrected chi connectivity index (χ1v) is 6.76. The molecule has 21 heavy (non-hydrogen) atoms. The molecule has 0 spiro atoms. The van der Waals surface area contributed by atoms with Crippen molar-refractivity contribution in [2.75, 3.05) is 0 Å². The zero-order valence-electron chi connectivity index (χ0n) is 12.1. The molecule has 1 amide bonds. The standard InChI is InChI=1S/C17H18N2O2/c1-13-7-6-10-16(11-13)21-14(2)17(20)19-18-12-15-8-4-3-5-9-15/h3-12,14H,1-2H3,(H,19,20)/b18-12+. The topological polar surface area (TPSA) is 50.7 Å². The average molecular weight is 282 g/mol. The van der Waals surface area contributed by atoms with Crippen LogP contribution in [0.4, 0.5) is 0 Å².